The Hall–Kier alpha value is -0.540. The quantitative estimate of drug-likeness (QED) is 0.774. The largest absolute Gasteiger partial charge is 0.330 e. The molecule has 4 heteroatoms. The summed E-state index contributed by atoms with van der Waals surface area (Å²) >= 11 is 15.7. The fourth-order valence-electron chi connectivity index (χ4n) is 2.25. The van der Waals surface area contributed by atoms with Crippen LogP contribution in [0, 0.1) is 5.92 Å². The average molecular weight is 373 g/mol. The van der Waals surface area contributed by atoms with E-state index in [-0.39, 0.29) is 0 Å². The van der Waals surface area contributed by atoms with E-state index >= 15 is 0 Å². The molecule has 0 saturated heterocycles. The van der Waals surface area contributed by atoms with E-state index in [1.807, 2.05) is 24.3 Å². The Morgan fingerprint density at radius 2 is 1.85 bits per heavy atom. The summed E-state index contributed by atoms with van der Waals surface area (Å²) in [4.78, 5) is 0. The van der Waals surface area contributed by atoms with Gasteiger partial charge in [-0.15, -0.1) is 0 Å². The number of hydrogen-bond acceptors (Lipinski definition) is 1. The van der Waals surface area contributed by atoms with Gasteiger partial charge in [-0.25, -0.2) is 0 Å². The van der Waals surface area contributed by atoms with Crippen molar-refractivity contribution in [2.24, 2.45) is 11.7 Å². The number of rotatable bonds is 5. The molecule has 0 saturated carbocycles. The van der Waals surface area contributed by atoms with Crippen LogP contribution in [0.2, 0.25) is 10.0 Å². The van der Waals surface area contributed by atoms with Gasteiger partial charge in [0.25, 0.3) is 0 Å². The summed E-state index contributed by atoms with van der Waals surface area (Å²) in [7, 11) is 0. The van der Waals surface area contributed by atoms with Gasteiger partial charge in [0.1, 0.15) is 0 Å². The number of nitrogens with two attached hydrogens (primary N) is 1. The van der Waals surface area contributed by atoms with Gasteiger partial charge in [-0.3, -0.25) is 0 Å². The smallest absolute Gasteiger partial charge is 0.0439 e. The predicted molar refractivity (Wildman–Crippen MR) is 90.6 cm³/mol. The van der Waals surface area contributed by atoms with Gasteiger partial charge >= 0.3 is 0 Å². The van der Waals surface area contributed by atoms with Crippen molar-refractivity contribution in [3.05, 3.63) is 68.1 Å². The molecule has 0 radical (unpaired) electrons. The SMILES string of the molecule is NCC(Cc1cccc(Br)c1)Cc1cc(Cl)ccc1Cl. The molecule has 0 bridgehead atoms. The second-order valence-electron chi connectivity index (χ2n) is 4.88. The van der Waals surface area contributed by atoms with E-state index in [1.165, 1.54) is 5.56 Å². The topological polar surface area (TPSA) is 26.0 Å². The third kappa shape index (κ3) is 4.49. The minimum Gasteiger partial charge on any atom is -0.330 e. The molecular formula is C16H16BrCl2N. The second kappa shape index (κ2) is 7.46. The molecule has 0 aliphatic carbocycles. The summed E-state index contributed by atoms with van der Waals surface area (Å²) < 4.78 is 1.09. The highest BCUT2D eigenvalue weighted by Crippen LogP contribution is 2.25. The molecule has 0 spiro atoms. The third-order valence-electron chi connectivity index (χ3n) is 3.26. The number of benzene rings is 2. The van der Waals surface area contributed by atoms with Crippen molar-refractivity contribution >= 4 is 39.1 Å². The van der Waals surface area contributed by atoms with Gasteiger partial charge in [-0.1, -0.05) is 51.3 Å². The molecule has 0 aliphatic heterocycles. The third-order valence-corrected chi connectivity index (χ3v) is 4.36. The molecule has 1 atom stereocenters. The minimum absolute atomic E-state index is 0.347. The maximum Gasteiger partial charge on any atom is 0.0439 e. The van der Waals surface area contributed by atoms with Crippen LogP contribution >= 0.6 is 39.1 Å². The van der Waals surface area contributed by atoms with Crippen molar-refractivity contribution in [2.75, 3.05) is 6.54 Å². The molecule has 2 aromatic carbocycles. The normalized spacial score (nSPS) is 12.4. The number of halogens is 3. The molecule has 0 aliphatic rings. The Morgan fingerprint density at radius 3 is 2.55 bits per heavy atom. The van der Waals surface area contributed by atoms with Gasteiger partial charge in [0, 0.05) is 14.5 Å². The molecular weight excluding hydrogens is 357 g/mol. The van der Waals surface area contributed by atoms with E-state index in [4.69, 9.17) is 28.9 Å². The first kappa shape index (κ1) is 15.8. The summed E-state index contributed by atoms with van der Waals surface area (Å²) in [6, 6.07) is 13.9. The van der Waals surface area contributed by atoms with Gasteiger partial charge in [0.15, 0.2) is 0 Å². The van der Waals surface area contributed by atoms with E-state index in [1.54, 1.807) is 6.07 Å². The van der Waals surface area contributed by atoms with Gasteiger partial charge < -0.3 is 5.73 Å². The van der Waals surface area contributed by atoms with Crippen LogP contribution in [0.15, 0.2) is 46.9 Å². The molecule has 2 rings (SSSR count). The van der Waals surface area contributed by atoms with Crippen molar-refractivity contribution < 1.29 is 0 Å². The molecule has 0 amide bonds. The Kier molecular flexibility index (Phi) is 5.91. The van der Waals surface area contributed by atoms with Gasteiger partial charge in [-0.2, -0.15) is 0 Å². The fourth-order valence-corrected chi connectivity index (χ4v) is 3.08. The first-order valence-electron chi connectivity index (χ1n) is 6.47. The molecule has 0 heterocycles. The van der Waals surface area contributed by atoms with Crippen molar-refractivity contribution in [1.82, 2.24) is 0 Å². The molecule has 0 aromatic heterocycles. The molecule has 1 unspecified atom stereocenters. The van der Waals surface area contributed by atoms with Gasteiger partial charge in [0.2, 0.25) is 0 Å². The Bertz CT molecular complexity index is 586. The van der Waals surface area contributed by atoms with Crippen LogP contribution < -0.4 is 5.73 Å². The molecule has 2 N–H and O–H groups in total. The van der Waals surface area contributed by atoms with Crippen LogP contribution in [0.1, 0.15) is 11.1 Å². The lowest BCUT2D eigenvalue weighted by Crippen LogP contribution is -2.19. The second-order valence-corrected chi connectivity index (χ2v) is 6.63. The Balaban J connectivity index is 2.11. The van der Waals surface area contributed by atoms with E-state index in [0.29, 0.717) is 17.5 Å². The molecule has 0 fully saturated rings. The first-order valence-corrected chi connectivity index (χ1v) is 8.02. The van der Waals surface area contributed by atoms with E-state index in [2.05, 4.69) is 28.1 Å². The lowest BCUT2D eigenvalue weighted by atomic mass is 9.92. The molecule has 2 aromatic rings. The summed E-state index contributed by atoms with van der Waals surface area (Å²) in [5, 5.41) is 1.46. The minimum atomic E-state index is 0.347. The van der Waals surface area contributed by atoms with E-state index in [0.717, 1.165) is 27.9 Å². The fraction of sp³-hybridized carbons (Fsp3) is 0.250. The van der Waals surface area contributed by atoms with Crippen LogP contribution in [0.4, 0.5) is 0 Å². The zero-order chi connectivity index (χ0) is 14.5. The number of hydrogen-bond donors (Lipinski definition) is 1. The predicted octanol–water partition coefficient (Wildman–Crippen LogP) is 5.12. The highest BCUT2D eigenvalue weighted by atomic mass is 79.9. The van der Waals surface area contributed by atoms with Crippen molar-refractivity contribution in [3.63, 3.8) is 0 Å². The highest BCUT2D eigenvalue weighted by molar-refractivity contribution is 9.10. The monoisotopic (exact) mass is 371 g/mol. The highest BCUT2D eigenvalue weighted by Gasteiger charge is 2.12. The lowest BCUT2D eigenvalue weighted by molar-refractivity contribution is 0.533. The Morgan fingerprint density at radius 1 is 1.05 bits per heavy atom. The molecule has 20 heavy (non-hydrogen) atoms. The first-order chi connectivity index (χ1) is 9.58. The van der Waals surface area contributed by atoms with Crippen molar-refractivity contribution in [3.8, 4) is 0 Å². The Labute approximate surface area is 138 Å². The summed E-state index contributed by atoms with van der Waals surface area (Å²) in [6.07, 6.45) is 1.77. The average Bonchev–Trinajstić information content (AvgIpc) is 2.42. The van der Waals surface area contributed by atoms with Crippen LogP contribution in [-0.4, -0.2) is 6.54 Å². The van der Waals surface area contributed by atoms with E-state index in [9.17, 15) is 0 Å². The van der Waals surface area contributed by atoms with Crippen LogP contribution in [0.25, 0.3) is 0 Å². The molecule has 106 valence electrons. The van der Waals surface area contributed by atoms with Crippen LogP contribution in [0.5, 0.6) is 0 Å². The zero-order valence-corrected chi connectivity index (χ0v) is 14.0. The van der Waals surface area contributed by atoms with Crippen LogP contribution in [0.3, 0.4) is 0 Å². The lowest BCUT2D eigenvalue weighted by Gasteiger charge is -2.16. The van der Waals surface area contributed by atoms with Crippen molar-refractivity contribution in [2.45, 2.75) is 12.8 Å². The van der Waals surface area contributed by atoms with E-state index < -0.39 is 0 Å². The van der Waals surface area contributed by atoms with Gasteiger partial charge in [-0.05, 0) is 66.8 Å². The maximum absolute atomic E-state index is 6.22. The summed E-state index contributed by atoms with van der Waals surface area (Å²) in [5.74, 6) is 0.347. The van der Waals surface area contributed by atoms with Crippen molar-refractivity contribution in [1.29, 1.82) is 0 Å². The molecule has 1 nitrogen and oxygen atoms in total. The summed E-state index contributed by atoms with van der Waals surface area (Å²) in [6.45, 7) is 0.620. The maximum atomic E-state index is 6.22. The zero-order valence-electron chi connectivity index (χ0n) is 11.0. The van der Waals surface area contributed by atoms with Crippen LogP contribution in [-0.2, 0) is 12.8 Å². The standard InChI is InChI=1S/C16H16BrCl2N/c17-14-3-1-2-11(8-14)6-12(10-20)7-13-9-15(18)4-5-16(13)19/h1-5,8-9,12H,6-7,10,20H2. The summed E-state index contributed by atoms with van der Waals surface area (Å²) in [5.41, 5.74) is 8.24. The van der Waals surface area contributed by atoms with Gasteiger partial charge in [0.05, 0.1) is 0 Å².